The largest absolute Gasteiger partial charge is 0.299 e. The average molecular weight is 150 g/mol. The van der Waals surface area contributed by atoms with Gasteiger partial charge in [0.15, 0.2) is 0 Å². The summed E-state index contributed by atoms with van der Waals surface area (Å²) in [6.07, 6.45) is 7.59. The lowest BCUT2D eigenvalue weighted by atomic mass is 9.81. The first-order chi connectivity index (χ1) is 5.32. The molecule has 0 heterocycles. The SMILES string of the molecule is O=C1CCC23CCC(CC2)C13. The van der Waals surface area contributed by atoms with Crippen molar-refractivity contribution in [3.8, 4) is 0 Å². The van der Waals surface area contributed by atoms with Gasteiger partial charge in [-0.1, -0.05) is 0 Å². The van der Waals surface area contributed by atoms with Gasteiger partial charge in [0.05, 0.1) is 0 Å². The van der Waals surface area contributed by atoms with Crippen molar-refractivity contribution in [2.45, 2.75) is 38.5 Å². The van der Waals surface area contributed by atoms with Crippen LogP contribution in [0.25, 0.3) is 0 Å². The van der Waals surface area contributed by atoms with Gasteiger partial charge in [-0.05, 0) is 43.4 Å². The molecular weight excluding hydrogens is 136 g/mol. The first kappa shape index (κ1) is 6.22. The Balaban J connectivity index is 2.07. The molecule has 2 bridgehead atoms. The first-order valence-electron chi connectivity index (χ1n) is 4.85. The highest BCUT2D eigenvalue weighted by Crippen LogP contribution is 2.64. The zero-order valence-electron chi connectivity index (χ0n) is 6.81. The van der Waals surface area contributed by atoms with Crippen LogP contribution in [0.15, 0.2) is 0 Å². The normalized spacial score (nSPS) is 53.6. The molecule has 1 unspecified atom stereocenters. The van der Waals surface area contributed by atoms with Crippen LogP contribution >= 0.6 is 0 Å². The van der Waals surface area contributed by atoms with E-state index in [4.69, 9.17) is 0 Å². The summed E-state index contributed by atoms with van der Waals surface area (Å²) in [5.41, 5.74) is 0.543. The zero-order valence-corrected chi connectivity index (χ0v) is 6.81. The molecule has 1 heteroatoms. The van der Waals surface area contributed by atoms with Gasteiger partial charge in [0, 0.05) is 12.3 Å². The number of hydrogen-bond acceptors (Lipinski definition) is 1. The van der Waals surface area contributed by atoms with E-state index in [2.05, 4.69) is 0 Å². The summed E-state index contributed by atoms with van der Waals surface area (Å²) in [4.78, 5) is 11.5. The fourth-order valence-corrected chi connectivity index (χ4v) is 3.90. The quantitative estimate of drug-likeness (QED) is 0.517. The van der Waals surface area contributed by atoms with E-state index in [1.807, 2.05) is 0 Å². The molecule has 0 spiro atoms. The van der Waals surface area contributed by atoms with Gasteiger partial charge >= 0.3 is 0 Å². The van der Waals surface area contributed by atoms with Crippen LogP contribution in [-0.4, -0.2) is 5.78 Å². The number of hydrogen-bond donors (Lipinski definition) is 0. The summed E-state index contributed by atoms with van der Waals surface area (Å²) in [6, 6.07) is 0. The molecule has 3 aliphatic carbocycles. The first-order valence-corrected chi connectivity index (χ1v) is 4.85. The molecule has 3 rings (SSSR count). The third kappa shape index (κ3) is 0.567. The number of carbonyl (C=O) groups is 1. The number of carbonyl (C=O) groups excluding carboxylic acids is 1. The molecule has 0 saturated heterocycles. The number of ketones is 1. The van der Waals surface area contributed by atoms with E-state index in [0.717, 1.165) is 12.3 Å². The van der Waals surface area contributed by atoms with E-state index in [0.29, 0.717) is 17.1 Å². The second kappa shape index (κ2) is 1.70. The maximum absolute atomic E-state index is 11.5. The summed E-state index contributed by atoms with van der Waals surface area (Å²) in [6.45, 7) is 0. The van der Waals surface area contributed by atoms with Crippen LogP contribution in [0.2, 0.25) is 0 Å². The summed E-state index contributed by atoms with van der Waals surface area (Å²) >= 11 is 0. The molecule has 0 aliphatic heterocycles. The molecule has 1 nitrogen and oxygen atoms in total. The van der Waals surface area contributed by atoms with E-state index in [9.17, 15) is 4.79 Å². The van der Waals surface area contributed by atoms with E-state index in [1.165, 1.54) is 32.1 Å². The molecule has 0 aromatic carbocycles. The van der Waals surface area contributed by atoms with E-state index >= 15 is 0 Å². The van der Waals surface area contributed by atoms with Crippen LogP contribution in [-0.2, 0) is 4.79 Å². The van der Waals surface area contributed by atoms with Crippen molar-refractivity contribution in [1.29, 1.82) is 0 Å². The second-order valence-electron chi connectivity index (χ2n) is 4.64. The van der Waals surface area contributed by atoms with Gasteiger partial charge in [0.25, 0.3) is 0 Å². The highest BCUT2D eigenvalue weighted by Gasteiger charge is 2.59. The summed E-state index contributed by atoms with van der Waals surface area (Å²) in [7, 11) is 0. The molecule has 0 aromatic rings. The third-order valence-corrected chi connectivity index (χ3v) is 4.37. The predicted octanol–water partition coefficient (Wildman–Crippen LogP) is 2.16. The summed E-state index contributed by atoms with van der Waals surface area (Å²) < 4.78 is 0. The Morgan fingerprint density at radius 3 is 2.55 bits per heavy atom. The smallest absolute Gasteiger partial charge is 0.136 e. The summed E-state index contributed by atoms with van der Waals surface area (Å²) in [5.74, 6) is 1.94. The minimum Gasteiger partial charge on any atom is -0.299 e. The van der Waals surface area contributed by atoms with E-state index in [1.54, 1.807) is 0 Å². The van der Waals surface area contributed by atoms with Gasteiger partial charge < -0.3 is 0 Å². The van der Waals surface area contributed by atoms with Crippen LogP contribution in [0.5, 0.6) is 0 Å². The van der Waals surface area contributed by atoms with Crippen molar-refractivity contribution in [2.24, 2.45) is 17.3 Å². The molecule has 3 aliphatic rings. The van der Waals surface area contributed by atoms with Gasteiger partial charge in [-0.25, -0.2) is 0 Å². The topological polar surface area (TPSA) is 17.1 Å². The van der Waals surface area contributed by atoms with Gasteiger partial charge in [-0.3, -0.25) is 4.79 Å². The summed E-state index contributed by atoms with van der Waals surface area (Å²) in [5, 5.41) is 0. The molecule has 3 saturated carbocycles. The Bertz CT molecular complexity index is 211. The number of rotatable bonds is 0. The Labute approximate surface area is 67.2 Å². The van der Waals surface area contributed by atoms with Crippen LogP contribution < -0.4 is 0 Å². The Hall–Kier alpha value is -0.330. The van der Waals surface area contributed by atoms with Crippen molar-refractivity contribution in [1.82, 2.24) is 0 Å². The fraction of sp³-hybridized carbons (Fsp3) is 0.900. The molecule has 11 heavy (non-hydrogen) atoms. The molecule has 1 atom stereocenters. The Kier molecular flexibility index (Phi) is 0.961. The highest BCUT2D eigenvalue weighted by molar-refractivity contribution is 5.85. The zero-order chi connectivity index (χ0) is 7.47. The molecule has 60 valence electrons. The number of Topliss-reactive ketones (excluding diaryl/α,β-unsaturated/α-hetero) is 1. The Morgan fingerprint density at radius 2 is 1.91 bits per heavy atom. The molecule has 0 aromatic heterocycles. The van der Waals surface area contributed by atoms with Crippen LogP contribution in [0.3, 0.4) is 0 Å². The maximum Gasteiger partial charge on any atom is 0.136 e. The van der Waals surface area contributed by atoms with Crippen LogP contribution in [0.1, 0.15) is 38.5 Å². The lowest BCUT2D eigenvalue weighted by molar-refractivity contribution is -0.122. The fourth-order valence-electron chi connectivity index (χ4n) is 3.90. The molecule has 0 amide bonds. The van der Waals surface area contributed by atoms with Crippen molar-refractivity contribution in [2.75, 3.05) is 0 Å². The van der Waals surface area contributed by atoms with Gasteiger partial charge in [-0.15, -0.1) is 0 Å². The monoisotopic (exact) mass is 150 g/mol. The molecule has 3 fully saturated rings. The second-order valence-corrected chi connectivity index (χ2v) is 4.64. The van der Waals surface area contributed by atoms with Crippen LogP contribution in [0.4, 0.5) is 0 Å². The average Bonchev–Trinajstić information content (AvgIpc) is 2.60. The predicted molar refractivity (Wildman–Crippen MR) is 42.1 cm³/mol. The highest BCUT2D eigenvalue weighted by atomic mass is 16.1. The lowest BCUT2D eigenvalue weighted by Crippen LogP contribution is -2.18. The van der Waals surface area contributed by atoms with Crippen molar-refractivity contribution < 1.29 is 4.79 Å². The van der Waals surface area contributed by atoms with Gasteiger partial charge in [0.2, 0.25) is 0 Å². The minimum absolute atomic E-state index is 0.530. The maximum atomic E-state index is 11.5. The Morgan fingerprint density at radius 1 is 1.18 bits per heavy atom. The molecular formula is C10H14O. The van der Waals surface area contributed by atoms with Gasteiger partial charge in [-0.2, -0.15) is 0 Å². The van der Waals surface area contributed by atoms with Gasteiger partial charge in [0.1, 0.15) is 5.78 Å². The molecule has 0 N–H and O–H groups in total. The standard InChI is InChI=1S/C10H14O/c11-8-3-6-10-4-1-7(2-5-10)9(8)10/h7,9H,1-6H2. The van der Waals surface area contributed by atoms with E-state index < -0.39 is 0 Å². The van der Waals surface area contributed by atoms with Crippen molar-refractivity contribution >= 4 is 5.78 Å². The van der Waals surface area contributed by atoms with Crippen LogP contribution in [0, 0.1) is 17.3 Å². The lowest BCUT2D eigenvalue weighted by Gasteiger charge is -2.23. The van der Waals surface area contributed by atoms with Crippen molar-refractivity contribution in [3.05, 3.63) is 0 Å². The third-order valence-electron chi connectivity index (χ3n) is 4.37. The minimum atomic E-state index is 0.530. The van der Waals surface area contributed by atoms with Crippen molar-refractivity contribution in [3.63, 3.8) is 0 Å². The van der Waals surface area contributed by atoms with E-state index in [-0.39, 0.29) is 0 Å². The molecule has 0 radical (unpaired) electrons.